The minimum atomic E-state index is -0.258. The van der Waals surface area contributed by atoms with Gasteiger partial charge in [-0.3, -0.25) is 0 Å². The zero-order chi connectivity index (χ0) is 16.9. The van der Waals surface area contributed by atoms with Crippen LogP contribution in [-0.2, 0) is 6.54 Å². The highest BCUT2D eigenvalue weighted by atomic mass is 35.5. The lowest BCUT2D eigenvalue weighted by molar-refractivity contribution is 0.613. The summed E-state index contributed by atoms with van der Waals surface area (Å²) in [4.78, 5) is 8.47. The van der Waals surface area contributed by atoms with Crippen molar-refractivity contribution in [3.63, 3.8) is 0 Å². The molecule has 0 saturated carbocycles. The highest BCUT2D eigenvalue weighted by molar-refractivity contribution is 6.35. The largest absolute Gasteiger partial charge is 0.366 e. The predicted molar refractivity (Wildman–Crippen MR) is 95.5 cm³/mol. The number of hydrogen-bond donors (Lipinski definition) is 2. The van der Waals surface area contributed by atoms with Crippen molar-refractivity contribution >= 4 is 40.7 Å². The van der Waals surface area contributed by atoms with Crippen molar-refractivity contribution in [2.75, 3.05) is 10.6 Å². The summed E-state index contributed by atoms with van der Waals surface area (Å²) < 4.78 is 13.6. The maximum absolute atomic E-state index is 13.6. The van der Waals surface area contributed by atoms with E-state index in [0.717, 1.165) is 0 Å². The van der Waals surface area contributed by atoms with Gasteiger partial charge in [0.25, 0.3) is 0 Å². The second kappa shape index (κ2) is 7.47. The molecule has 0 radical (unpaired) electrons. The first kappa shape index (κ1) is 16.5. The first-order chi connectivity index (χ1) is 11.6. The van der Waals surface area contributed by atoms with Gasteiger partial charge in [-0.15, -0.1) is 0 Å². The van der Waals surface area contributed by atoms with Gasteiger partial charge in [-0.1, -0.05) is 41.4 Å². The molecule has 122 valence electrons. The Morgan fingerprint density at radius 3 is 2.50 bits per heavy atom. The van der Waals surface area contributed by atoms with Crippen LogP contribution in [0.15, 0.2) is 54.7 Å². The molecular weight excluding hydrogens is 350 g/mol. The van der Waals surface area contributed by atoms with Gasteiger partial charge in [0.15, 0.2) is 0 Å². The van der Waals surface area contributed by atoms with Crippen LogP contribution < -0.4 is 10.6 Å². The Hall–Kier alpha value is -2.37. The van der Waals surface area contributed by atoms with E-state index in [1.165, 1.54) is 6.07 Å². The van der Waals surface area contributed by atoms with E-state index >= 15 is 0 Å². The van der Waals surface area contributed by atoms with Gasteiger partial charge in [-0.2, -0.15) is 4.98 Å². The molecule has 0 saturated heterocycles. The number of nitrogens with one attached hydrogen (secondary N) is 2. The van der Waals surface area contributed by atoms with Gasteiger partial charge >= 0.3 is 0 Å². The average molecular weight is 363 g/mol. The van der Waals surface area contributed by atoms with Crippen molar-refractivity contribution in [2.24, 2.45) is 0 Å². The minimum Gasteiger partial charge on any atom is -0.366 e. The van der Waals surface area contributed by atoms with Crippen LogP contribution in [0.3, 0.4) is 0 Å². The second-order valence-electron chi connectivity index (χ2n) is 4.99. The van der Waals surface area contributed by atoms with E-state index < -0.39 is 0 Å². The van der Waals surface area contributed by atoms with Crippen LogP contribution in [0, 0.1) is 5.82 Å². The lowest BCUT2D eigenvalue weighted by Gasteiger charge is -2.09. The van der Waals surface area contributed by atoms with Gasteiger partial charge in [0.05, 0.1) is 0 Å². The first-order valence-corrected chi connectivity index (χ1v) is 7.89. The van der Waals surface area contributed by atoms with E-state index in [1.54, 1.807) is 48.7 Å². The van der Waals surface area contributed by atoms with Gasteiger partial charge in [0.2, 0.25) is 5.95 Å². The average Bonchev–Trinajstić information content (AvgIpc) is 2.53. The Labute approximate surface area is 148 Å². The van der Waals surface area contributed by atoms with E-state index in [1.807, 2.05) is 0 Å². The third-order valence-electron chi connectivity index (χ3n) is 3.19. The Bertz CT molecular complexity index is 837. The summed E-state index contributed by atoms with van der Waals surface area (Å²) in [5.41, 5.74) is 1.24. The van der Waals surface area contributed by atoms with E-state index in [4.69, 9.17) is 23.2 Å². The number of aromatic nitrogens is 2. The Balaban J connectivity index is 1.71. The van der Waals surface area contributed by atoms with Gasteiger partial charge in [-0.25, -0.2) is 9.37 Å². The third-order valence-corrected chi connectivity index (χ3v) is 3.63. The number of anilines is 3. The number of nitrogens with zero attached hydrogens (tertiary/aromatic N) is 2. The van der Waals surface area contributed by atoms with Crippen molar-refractivity contribution in [1.29, 1.82) is 0 Å². The summed E-state index contributed by atoms with van der Waals surface area (Å²) in [6.07, 6.45) is 1.60. The molecule has 0 bridgehead atoms. The molecule has 1 heterocycles. The van der Waals surface area contributed by atoms with Gasteiger partial charge in [0, 0.05) is 34.0 Å². The summed E-state index contributed by atoms with van der Waals surface area (Å²) in [6.45, 7) is 0.326. The predicted octanol–water partition coefficient (Wildman–Crippen LogP) is 5.28. The highest BCUT2D eigenvalue weighted by Crippen LogP contribution is 2.24. The molecule has 1 aromatic heterocycles. The monoisotopic (exact) mass is 362 g/mol. The van der Waals surface area contributed by atoms with Crippen molar-refractivity contribution in [3.05, 3.63) is 76.2 Å². The maximum atomic E-state index is 13.6. The molecule has 0 unspecified atom stereocenters. The fourth-order valence-electron chi connectivity index (χ4n) is 2.10. The molecule has 2 aromatic carbocycles. The van der Waals surface area contributed by atoms with Crippen molar-refractivity contribution in [2.45, 2.75) is 6.54 Å². The molecule has 3 rings (SSSR count). The minimum absolute atomic E-state index is 0.258. The summed E-state index contributed by atoms with van der Waals surface area (Å²) in [6, 6.07) is 13.4. The van der Waals surface area contributed by atoms with Crippen molar-refractivity contribution < 1.29 is 4.39 Å². The summed E-state index contributed by atoms with van der Waals surface area (Å²) in [5, 5.41) is 7.12. The van der Waals surface area contributed by atoms with Crippen molar-refractivity contribution in [1.82, 2.24) is 9.97 Å². The van der Waals surface area contributed by atoms with Crippen molar-refractivity contribution in [3.8, 4) is 0 Å². The molecule has 24 heavy (non-hydrogen) atoms. The van der Waals surface area contributed by atoms with Crippen LogP contribution in [0.5, 0.6) is 0 Å². The Morgan fingerprint density at radius 1 is 1.00 bits per heavy atom. The number of halogens is 3. The van der Waals surface area contributed by atoms with Gasteiger partial charge in [-0.05, 0) is 30.3 Å². The second-order valence-corrected chi connectivity index (χ2v) is 5.87. The van der Waals surface area contributed by atoms with E-state index in [2.05, 4.69) is 20.6 Å². The molecule has 0 aliphatic carbocycles. The van der Waals surface area contributed by atoms with E-state index in [9.17, 15) is 4.39 Å². The van der Waals surface area contributed by atoms with E-state index in [-0.39, 0.29) is 5.82 Å². The zero-order valence-corrected chi connectivity index (χ0v) is 13.9. The molecule has 0 fully saturated rings. The molecule has 0 spiro atoms. The molecule has 0 aliphatic heterocycles. The molecule has 7 heteroatoms. The summed E-state index contributed by atoms with van der Waals surface area (Å²) in [7, 11) is 0. The topological polar surface area (TPSA) is 49.8 Å². The van der Waals surface area contributed by atoms with Crippen LogP contribution in [0.4, 0.5) is 21.8 Å². The smallest absolute Gasteiger partial charge is 0.229 e. The lowest BCUT2D eigenvalue weighted by atomic mass is 10.2. The summed E-state index contributed by atoms with van der Waals surface area (Å²) in [5.74, 6) is 0.696. The normalized spacial score (nSPS) is 10.5. The molecule has 0 aliphatic rings. The molecule has 0 atom stereocenters. The number of rotatable bonds is 5. The van der Waals surface area contributed by atoms with Gasteiger partial charge in [0.1, 0.15) is 11.6 Å². The van der Waals surface area contributed by atoms with Crippen LogP contribution in [0.1, 0.15) is 5.56 Å². The molecule has 3 aromatic rings. The van der Waals surface area contributed by atoms with Crippen LogP contribution in [0.25, 0.3) is 0 Å². The van der Waals surface area contributed by atoms with Gasteiger partial charge < -0.3 is 10.6 Å². The van der Waals surface area contributed by atoms with Crippen LogP contribution in [-0.4, -0.2) is 9.97 Å². The molecule has 2 N–H and O–H groups in total. The third kappa shape index (κ3) is 4.34. The molecular formula is C17H13Cl2FN4. The summed E-state index contributed by atoms with van der Waals surface area (Å²) >= 11 is 11.9. The SMILES string of the molecule is Fc1ccccc1CNc1ccnc(Nc2cc(Cl)cc(Cl)c2)n1. The highest BCUT2D eigenvalue weighted by Gasteiger charge is 2.04. The first-order valence-electron chi connectivity index (χ1n) is 7.13. The molecule has 4 nitrogen and oxygen atoms in total. The zero-order valence-electron chi connectivity index (χ0n) is 12.4. The van der Waals surface area contributed by atoms with Crippen LogP contribution >= 0.6 is 23.2 Å². The lowest BCUT2D eigenvalue weighted by Crippen LogP contribution is -2.05. The standard InChI is InChI=1S/C17H13Cl2FN4/c18-12-7-13(19)9-14(8-12)23-17-21-6-5-16(24-17)22-10-11-3-1-2-4-15(11)20/h1-9H,10H2,(H2,21,22,23,24). The maximum Gasteiger partial charge on any atom is 0.229 e. The molecule has 0 amide bonds. The fraction of sp³-hybridized carbons (Fsp3) is 0.0588. The van der Waals surface area contributed by atoms with E-state index in [0.29, 0.717) is 39.6 Å². The quantitative estimate of drug-likeness (QED) is 0.648. The van der Waals surface area contributed by atoms with Crippen LogP contribution in [0.2, 0.25) is 10.0 Å². The fourth-order valence-corrected chi connectivity index (χ4v) is 2.63. The number of benzene rings is 2. The Morgan fingerprint density at radius 2 is 1.75 bits per heavy atom. The Kier molecular flexibility index (Phi) is 5.13. The number of hydrogen-bond acceptors (Lipinski definition) is 4.